The Kier molecular flexibility index (Phi) is 4.15. The molecule has 21 heavy (non-hydrogen) atoms. The predicted molar refractivity (Wildman–Crippen MR) is 82.4 cm³/mol. The average Bonchev–Trinajstić information content (AvgIpc) is 2.75. The van der Waals surface area contributed by atoms with Gasteiger partial charge in [0.2, 0.25) is 5.88 Å². The van der Waals surface area contributed by atoms with Crippen LogP contribution >= 0.6 is 0 Å². The summed E-state index contributed by atoms with van der Waals surface area (Å²) in [6, 6.07) is 6.07. The van der Waals surface area contributed by atoms with Gasteiger partial charge in [-0.1, -0.05) is 18.6 Å². The monoisotopic (exact) mass is 283 g/mol. The standard InChI is InChI=1S/C17H21N3O/c1-12-7-8-13(10-18)9-16(12)21-17-14-5-3-2-4-6-15(14)19-11-20-17/h7-9,11H,2-6,10,18H2,1H3. The third kappa shape index (κ3) is 3.05. The molecule has 1 heterocycles. The van der Waals surface area contributed by atoms with E-state index in [-0.39, 0.29) is 0 Å². The van der Waals surface area contributed by atoms with E-state index in [9.17, 15) is 0 Å². The summed E-state index contributed by atoms with van der Waals surface area (Å²) >= 11 is 0. The molecule has 0 saturated heterocycles. The Labute approximate surface area is 125 Å². The van der Waals surface area contributed by atoms with Gasteiger partial charge in [0.15, 0.2) is 0 Å². The molecule has 0 unspecified atom stereocenters. The van der Waals surface area contributed by atoms with E-state index in [0.29, 0.717) is 12.4 Å². The predicted octanol–water partition coefficient (Wildman–Crippen LogP) is 3.30. The van der Waals surface area contributed by atoms with Gasteiger partial charge in [-0.15, -0.1) is 0 Å². The highest BCUT2D eigenvalue weighted by Gasteiger charge is 2.16. The number of aromatic nitrogens is 2. The molecule has 2 aromatic rings. The number of hydrogen-bond donors (Lipinski definition) is 1. The van der Waals surface area contributed by atoms with Crippen molar-refractivity contribution in [2.24, 2.45) is 5.73 Å². The highest BCUT2D eigenvalue weighted by molar-refractivity contribution is 5.41. The molecular weight excluding hydrogens is 262 g/mol. The Bertz CT molecular complexity index is 640. The van der Waals surface area contributed by atoms with Crippen molar-refractivity contribution in [3.05, 3.63) is 46.9 Å². The van der Waals surface area contributed by atoms with Gasteiger partial charge in [0.05, 0.1) is 5.69 Å². The molecule has 0 spiro atoms. The fraction of sp³-hybridized carbons (Fsp3) is 0.412. The molecular formula is C17H21N3O. The lowest BCUT2D eigenvalue weighted by Crippen LogP contribution is -2.03. The smallest absolute Gasteiger partial charge is 0.225 e. The summed E-state index contributed by atoms with van der Waals surface area (Å²) in [6.07, 6.45) is 7.26. The van der Waals surface area contributed by atoms with Crippen LogP contribution in [-0.2, 0) is 19.4 Å². The van der Waals surface area contributed by atoms with Gasteiger partial charge in [-0.3, -0.25) is 0 Å². The third-order valence-corrected chi connectivity index (χ3v) is 4.03. The number of fused-ring (bicyclic) bond motifs is 1. The molecule has 0 aliphatic heterocycles. The minimum atomic E-state index is 0.512. The maximum atomic E-state index is 6.10. The van der Waals surface area contributed by atoms with Crippen molar-refractivity contribution >= 4 is 0 Å². The summed E-state index contributed by atoms with van der Waals surface area (Å²) in [6.45, 7) is 2.55. The fourth-order valence-electron chi connectivity index (χ4n) is 2.74. The zero-order valence-electron chi connectivity index (χ0n) is 12.4. The molecule has 1 aliphatic carbocycles. The molecule has 4 heteroatoms. The Morgan fingerprint density at radius 2 is 2.00 bits per heavy atom. The maximum absolute atomic E-state index is 6.10. The van der Waals surface area contributed by atoms with Crippen LogP contribution in [0.25, 0.3) is 0 Å². The average molecular weight is 283 g/mol. The lowest BCUT2D eigenvalue weighted by Gasteiger charge is -2.13. The Hall–Kier alpha value is -1.94. The normalized spacial score (nSPS) is 14.4. The first-order valence-corrected chi connectivity index (χ1v) is 7.58. The molecule has 2 N–H and O–H groups in total. The SMILES string of the molecule is Cc1ccc(CN)cc1Oc1ncnc2c1CCCCC2. The number of nitrogens with two attached hydrogens (primary N) is 1. The topological polar surface area (TPSA) is 61.0 Å². The molecule has 1 aromatic carbocycles. The first-order valence-electron chi connectivity index (χ1n) is 7.58. The molecule has 110 valence electrons. The largest absolute Gasteiger partial charge is 0.438 e. The van der Waals surface area contributed by atoms with Crippen molar-refractivity contribution < 1.29 is 4.74 Å². The number of nitrogens with zero attached hydrogens (tertiary/aromatic N) is 2. The van der Waals surface area contributed by atoms with Crippen molar-refractivity contribution in [2.45, 2.75) is 45.6 Å². The van der Waals surface area contributed by atoms with Crippen LogP contribution in [0.3, 0.4) is 0 Å². The number of ether oxygens (including phenoxy) is 1. The van der Waals surface area contributed by atoms with Gasteiger partial charge < -0.3 is 10.5 Å². The number of rotatable bonds is 3. The van der Waals surface area contributed by atoms with Gasteiger partial charge in [-0.05, 0) is 49.8 Å². The molecule has 1 aliphatic rings. The van der Waals surface area contributed by atoms with Crippen LogP contribution in [0.5, 0.6) is 11.6 Å². The first kappa shape index (κ1) is 14.0. The molecule has 0 radical (unpaired) electrons. The van der Waals surface area contributed by atoms with Crippen molar-refractivity contribution in [1.82, 2.24) is 9.97 Å². The zero-order chi connectivity index (χ0) is 14.7. The molecule has 0 saturated carbocycles. The molecule has 0 bridgehead atoms. The maximum Gasteiger partial charge on any atom is 0.225 e. The summed E-state index contributed by atoms with van der Waals surface area (Å²) in [5.74, 6) is 1.54. The molecule has 0 fully saturated rings. The third-order valence-electron chi connectivity index (χ3n) is 4.03. The van der Waals surface area contributed by atoms with E-state index in [1.807, 2.05) is 25.1 Å². The molecule has 1 aromatic heterocycles. The zero-order valence-corrected chi connectivity index (χ0v) is 12.4. The molecule has 0 amide bonds. The number of aryl methyl sites for hydroxylation is 2. The van der Waals surface area contributed by atoms with E-state index in [2.05, 4.69) is 9.97 Å². The highest BCUT2D eigenvalue weighted by atomic mass is 16.5. The van der Waals surface area contributed by atoms with Crippen molar-refractivity contribution in [3.8, 4) is 11.6 Å². The van der Waals surface area contributed by atoms with E-state index in [1.165, 1.54) is 24.8 Å². The van der Waals surface area contributed by atoms with Crippen LogP contribution in [0, 0.1) is 6.92 Å². The van der Waals surface area contributed by atoms with Gasteiger partial charge in [-0.2, -0.15) is 0 Å². The van der Waals surface area contributed by atoms with E-state index in [0.717, 1.165) is 35.4 Å². The second-order valence-electron chi connectivity index (χ2n) is 5.57. The van der Waals surface area contributed by atoms with Gasteiger partial charge in [0, 0.05) is 12.1 Å². The van der Waals surface area contributed by atoms with Gasteiger partial charge in [0.1, 0.15) is 12.1 Å². The van der Waals surface area contributed by atoms with Crippen LogP contribution in [0.15, 0.2) is 24.5 Å². The summed E-state index contributed by atoms with van der Waals surface area (Å²) in [5.41, 5.74) is 10.2. The second-order valence-corrected chi connectivity index (χ2v) is 5.57. The Morgan fingerprint density at radius 3 is 2.86 bits per heavy atom. The van der Waals surface area contributed by atoms with Crippen LogP contribution in [0.2, 0.25) is 0 Å². The lowest BCUT2D eigenvalue weighted by molar-refractivity contribution is 0.449. The summed E-state index contributed by atoms with van der Waals surface area (Å²) in [4.78, 5) is 8.79. The lowest BCUT2D eigenvalue weighted by atomic mass is 10.1. The highest BCUT2D eigenvalue weighted by Crippen LogP contribution is 2.31. The van der Waals surface area contributed by atoms with E-state index in [1.54, 1.807) is 6.33 Å². The van der Waals surface area contributed by atoms with Crippen LogP contribution < -0.4 is 10.5 Å². The number of benzene rings is 1. The second kappa shape index (κ2) is 6.22. The summed E-state index contributed by atoms with van der Waals surface area (Å²) in [7, 11) is 0. The van der Waals surface area contributed by atoms with Crippen molar-refractivity contribution in [2.75, 3.05) is 0 Å². The van der Waals surface area contributed by atoms with Crippen molar-refractivity contribution in [1.29, 1.82) is 0 Å². The summed E-state index contributed by atoms with van der Waals surface area (Å²) < 4.78 is 6.10. The van der Waals surface area contributed by atoms with Crippen molar-refractivity contribution in [3.63, 3.8) is 0 Å². The van der Waals surface area contributed by atoms with E-state index < -0.39 is 0 Å². The Morgan fingerprint density at radius 1 is 1.14 bits per heavy atom. The molecule has 0 atom stereocenters. The Balaban J connectivity index is 1.95. The minimum Gasteiger partial charge on any atom is -0.438 e. The molecule has 3 rings (SSSR count). The van der Waals surface area contributed by atoms with Crippen LogP contribution in [0.4, 0.5) is 0 Å². The molecule has 4 nitrogen and oxygen atoms in total. The summed E-state index contributed by atoms with van der Waals surface area (Å²) in [5, 5.41) is 0. The van der Waals surface area contributed by atoms with Gasteiger partial charge in [-0.25, -0.2) is 9.97 Å². The van der Waals surface area contributed by atoms with Crippen LogP contribution in [0.1, 0.15) is 41.6 Å². The number of hydrogen-bond acceptors (Lipinski definition) is 4. The van der Waals surface area contributed by atoms with E-state index in [4.69, 9.17) is 10.5 Å². The van der Waals surface area contributed by atoms with Gasteiger partial charge in [0.25, 0.3) is 0 Å². The minimum absolute atomic E-state index is 0.512. The van der Waals surface area contributed by atoms with E-state index >= 15 is 0 Å². The quantitative estimate of drug-likeness (QED) is 0.878. The van der Waals surface area contributed by atoms with Crippen LogP contribution in [-0.4, -0.2) is 9.97 Å². The van der Waals surface area contributed by atoms with Gasteiger partial charge >= 0.3 is 0 Å². The fourth-order valence-corrected chi connectivity index (χ4v) is 2.74. The first-order chi connectivity index (χ1) is 10.3.